The van der Waals surface area contributed by atoms with Crippen LogP contribution in [0.5, 0.6) is 11.5 Å². The van der Waals surface area contributed by atoms with Gasteiger partial charge in [-0.15, -0.1) is 0 Å². The Bertz CT molecular complexity index is 1180. The van der Waals surface area contributed by atoms with E-state index in [0.717, 1.165) is 0 Å². The molecule has 0 saturated carbocycles. The first-order chi connectivity index (χ1) is 16.9. The van der Waals surface area contributed by atoms with Gasteiger partial charge < -0.3 is 19.3 Å². The molecule has 0 spiro atoms. The molecule has 0 radical (unpaired) electrons. The van der Waals surface area contributed by atoms with Crippen molar-refractivity contribution < 1.29 is 27.5 Å². The first-order valence-corrected chi connectivity index (χ1v) is 13.7. The van der Waals surface area contributed by atoms with Crippen molar-refractivity contribution in [1.29, 1.82) is 0 Å². The molecule has 0 aliphatic carbocycles. The van der Waals surface area contributed by atoms with Gasteiger partial charge >= 0.3 is 0 Å². The van der Waals surface area contributed by atoms with Crippen molar-refractivity contribution >= 4 is 27.3 Å². The maximum Gasteiger partial charge on any atom is 0.267 e. The molecule has 3 aliphatic rings. The fraction of sp³-hybridized carbons (Fsp3) is 0.440. The van der Waals surface area contributed by atoms with Crippen LogP contribution >= 0.6 is 0 Å². The Morgan fingerprint density at radius 1 is 0.943 bits per heavy atom. The van der Waals surface area contributed by atoms with Crippen LogP contribution < -0.4 is 14.4 Å². The standard InChI is InChI=1S/C25H29N3O6S/c29-24(28(19-6-2-1-3-7-19)20-10-15-35(31,32)18-20)16-26-11-13-27(14-12-26)25(30)23-17-33-21-8-4-5-9-22(21)34-23/h1-9,20,23H,10-18H2/t20-,23+/m1/s1. The summed E-state index contributed by atoms with van der Waals surface area (Å²) in [6.45, 7) is 2.41. The largest absolute Gasteiger partial charge is 0.485 e. The van der Waals surface area contributed by atoms with Crippen molar-refractivity contribution in [3.05, 3.63) is 54.6 Å². The van der Waals surface area contributed by atoms with E-state index in [9.17, 15) is 18.0 Å². The van der Waals surface area contributed by atoms with E-state index < -0.39 is 15.9 Å². The molecule has 2 fully saturated rings. The van der Waals surface area contributed by atoms with Gasteiger partial charge in [-0.2, -0.15) is 0 Å². The highest BCUT2D eigenvalue weighted by Crippen LogP contribution is 2.31. The number of para-hydroxylation sites is 3. The molecule has 2 aromatic rings. The molecule has 0 aromatic heterocycles. The summed E-state index contributed by atoms with van der Waals surface area (Å²) in [6.07, 6.45) is -0.242. The average molecular weight is 500 g/mol. The molecule has 2 saturated heterocycles. The number of amides is 2. The van der Waals surface area contributed by atoms with Gasteiger partial charge in [-0.05, 0) is 30.7 Å². The number of rotatable bonds is 5. The summed E-state index contributed by atoms with van der Waals surface area (Å²) in [5, 5.41) is 0. The predicted octanol–water partition coefficient (Wildman–Crippen LogP) is 1.19. The summed E-state index contributed by atoms with van der Waals surface area (Å²) in [7, 11) is -3.14. The number of benzene rings is 2. The lowest BCUT2D eigenvalue weighted by molar-refractivity contribution is -0.143. The highest BCUT2D eigenvalue weighted by molar-refractivity contribution is 7.91. The van der Waals surface area contributed by atoms with E-state index in [4.69, 9.17) is 9.47 Å². The van der Waals surface area contributed by atoms with Gasteiger partial charge in [-0.3, -0.25) is 14.5 Å². The molecule has 0 bridgehead atoms. The van der Waals surface area contributed by atoms with Crippen molar-refractivity contribution in [2.24, 2.45) is 0 Å². The van der Waals surface area contributed by atoms with Gasteiger partial charge in [0.2, 0.25) is 12.0 Å². The van der Waals surface area contributed by atoms with E-state index in [0.29, 0.717) is 49.8 Å². The second kappa shape index (κ2) is 9.87. The van der Waals surface area contributed by atoms with Crippen LogP contribution in [0.25, 0.3) is 0 Å². The lowest BCUT2D eigenvalue weighted by Gasteiger charge is -2.38. The number of ether oxygens (including phenoxy) is 2. The van der Waals surface area contributed by atoms with Crippen molar-refractivity contribution in [2.75, 3.05) is 55.7 Å². The number of anilines is 1. The Morgan fingerprint density at radius 3 is 2.31 bits per heavy atom. The molecule has 35 heavy (non-hydrogen) atoms. The molecular weight excluding hydrogens is 470 g/mol. The molecule has 5 rings (SSSR count). The molecule has 186 valence electrons. The Labute approximate surface area is 205 Å². The van der Waals surface area contributed by atoms with Crippen LogP contribution in [0.1, 0.15) is 6.42 Å². The molecule has 3 heterocycles. The normalized spacial score (nSPS) is 23.6. The number of carbonyl (C=O) groups is 2. The van der Waals surface area contributed by atoms with Crippen LogP contribution in [0.3, 0.4) is 0 Å². The molecule has 2 aromatic carbocycles. The minimum absolute atomic E-state index is 0.0114. The second-order valence-corrected chi connectivity index (χ2v) is 11.4. The van der Waals surface area contributed by atoms with Crippen LogP contribution in [0, 0.1) is 0 Å². The van der Waals surface area contributed by atoms with Crippen LogP contribution in [0.15, 0.2) is 54.6 Å². The van der Waals surface area contributed by atoms with E-state index >= 15 is 0 Å². The quantitative estimate of drug-likeness (QED) is 0.610. The highest BCUT2D eigenvalue weighted by atomic mass is 32.2. The second-order valence-electron chi connectivity index (χ2n) is 9.12. The summed E-state index contributed by atoms with van der Waals surface area (Å²) in [4.78, 5) is 31.8. The Kier molecular flexibility index (Phi) is 6.66. The van der Waals surface area contributed by atoms with Gasteiger partial charge in [0.1, 0.15) is 6.61 Å². The maximum absolute atomic E-state index is 13.4. The zero-order valence-corrected chi connectivity index (χ0v) is 20.2. The minimum atomic E-state index is -3.14. The minimum Gasteiger partial charge on any atom is -0.485 e. The lowest BCUT2D eigenvalue weighted by atomic mass is 10.1. The number of piperazine rings is 1. The van der Waals surface area contributed by atoms with Gasteiger partial charge in [-0.25, -0.2) is 8.42 Å². The molecule has 9 nitrogen and oxygen atoms in total. The molecule has 3 aliphatic heterocycles. The molecule has 2 atom stereocenters. The molecule has 2 amide bonds. The van der Waals surface area contributed by atoms with Crippen molar-refractivity contribution in [2.45, 2.75) is 18.6 Å². The van der Waals surface area contributed by atoms with Crippen LogP contribution in [0.2, 0.25) is 0 Å². The third kappa shape index (κ3) is 5.28. The van der Waals surface area contributed by atoms with Crippen molar-refractivity contribution in [3.63, 3.8) is 0 Å². The van der Waals surface area contributed by atoms with E-state index in [1.54, 1.807) is 15.9 Å². The maximum atomic E-state index is 13.4. The van der Waals surface area contributed by atoms with E-state index in [1.807, 2.05) is 53.4 Å². The third-order valence-electron chi connectivity index (χ3n) is 6.70. The number of hydrogen-bond donors (Lipinski definition) is 0. The number of fused-ring (bicyclic) bond motifs is 1. The van der Waals surface area contributed by atoms with Gasteiger partial charge in [-0.1, -0.05) is 30.3 Å². The van der Waals surface area contributed by atoms with E-state index in [1.165, 1.54) is 0 Å². The molecular formula is C25H29N3O6S. The number of hydrogen-bond acceptors (Lipinski definition) is 7. The Balaban J connectivity index is 1.18. The monoisotopic (exact) mass is 499 g/mol. The van der Waals surface area contributed by atoms with E-state index in [-0.39, 0.29) is 42.5 Å². The van der Waals surface area contributed by atoms with Gasteiger partial charge in [0, 0.05) is 31.9 Å². The molecule has 10 heteroatoms. The lowest BCUT2D eigenvalue weighted by Crippen LogP contribution is -2.56. The van der Waals surface area contributed by atoms with E-state index in [2.05, 4.69) is 0 Å². The number of sulfone groups is 1. The Hall–Kier alpha value is -3.11. The predicted molar refractivity (Wildman–Crippen MR) is 130 cm³/mol. The summed E-state index contributed by atoms with van der Waals surface area (Å²) in [5.41, 5.74) is 0.711. The van der Waals surface area contributed by atoms with Crippen molar-refractivity contribution in [1.82, 2.24) is 9.80 Å². The summed E-state index contributed by atoms with van der Waals surface area (Å²) in [6, 6.07) is 16.2. The molecule has 0 N–H and O–H groups in total. The fourth-order valence-electron chi connectivity index (χ4n) is 4.86. The van der Waals surface area contributed by atoms with Crippen LogP contribution in [-0.2, 0) is 19.4 Å². The zero-order chi connectivity index (χ0) is 24.4. The number of nitrogens with zero attached hydrogens (tertiary/aromatic N) is 3. The SMILES string of the molecule is O=C([C@@H]1COc2ccccc2O1)N1CCN(CC(=O)N(c2ccccc2)[C@@H]2CCS(=O)(=O)C2)CC1. The van der Waals surface area contributed by atoms with Crippen molar-refractivity contribution in [3.8, 4) is 11.5 Å². The smallest absolute Gasteiger partial charge is 0.267 e. The first-order valence-electron chi connectivity index (χ1n) is 11.9. The van der Waals surface area contributed by atoms with Crippen LogP contribution in [0.4, 0.5) is 5.69 Å². The first kappa shape index (κ1) is 23.6. The van der Waals surface area contributed by atoms with Gasteiger partial charge in [0.25, 0.3) is 5.91 Å². The van der Waals surface area contributed by atoms with Gasteiger partial charge in [0.05, 0.1) is 24.1 Å². The number of carbonyl (C=O) groups excluding carboxylic acids is 2. The average Bonchev–Trinajstić information content (AvgIpc) is 3.23. The zero-order valence-electron chi connectivity index (χ0n) is 19.4. The molecule has 0 unspecified atom stereocenters. The summed E-state index contributed by atoms with van der Waals surface area (Å²) >= 11 is 0. The summed E-state index contributed by atoms with van der Waals surface area (Å²) in [5.74, 6) is 1.05. The third-order valence-corrected chi connectivity index (χ3v) is 8.45. The van der Waals surface area contributed by atoms with Gasteiger partial charge in [0.15, 0.2) is 21.3 Å². The Morgan fingerprint density at radius 2 is 1.63 bits per heavy atom. The topological polar surface area (TPSA) is 96.5 Å². The van der Waals surface area contributed by atoms with Crippen LogP contribution in [-0.4, -0.2) is 93.0 Å². The fourth-order valence-corrected chi connectivity index (χ4v) is 6.56. The summed E-state index contributed by atoms with van der Waals surface area (Å²) < 4.78 is 35.7. The highest BCUT2D eigenvalue weighted by Gasteiger charge is 2.37.